The fraction of sp³-hybridized carbons (Fsp3) is 0.312. The number of hydrogen-bond donors (Lipinski definition) is 1. The molecule has 0 aliphatic carbocycles. The van der Waals surface area contributed by atoms with Crippen LogP contribution in [0.4, 0.5) is 10.2 Å². The van der Waals surface area contributed by atoms with Gasteiger partial charge < -0.3 is 14.8 Å². The first-order chi connectivity index (χ1) is 11.7. The Morgan fingerprint density at radius 1 is 1.33 bits per heavy atom. The molecule has 3 heterocycles. The third-order valence-electron chi connectivity index (χ3n) is 4.00. The fourth-order valence-electron chi connectivity index (χ4n) is 2.60. The van der Waals surface area contributed by atoms with Crippen LogP contribution in [0, 0.1) is 6.08 Å². The highest BCUT2D eigenvalue weighted by atomic mass is 19.1. The molecule has 1 aliphatic rings. The Bertz CT molecular complexity index is 861. The van der Waals surface area contributed by atoms with Crippen molar-refractivity contribution in [1.82, 2.24) is 19.5 Å². The first-order valence-corrected chi connectivity index (χ1v) is 7.63. The van der Waals surface area contributed by atoms with E-state index in [1.165, 1.54) is 0 Å². The van der Waals surface area contributed by atoms with Crippen molar-refractivity contribution in [3.63, 3.8) is 0 Å². The van der Waals surface area contributed by atoms with Gasteiger partial charge in [-0.2, -0.15) is 14.4 Å². The molecule has 8 heteroatoms. The van der Waals surface area contributed by atoms with Gasteiger partial charge in [0.1, 0.15) is 12.0 Å². The van der Waals surface area contributed by atoms with Crippen molar-refractivity contribution in [1.29, 1.82) is 0 Å². The lowest BCUT2D eigenvalue weighted by Crippen LogP contribution is -2.24. The molecule has 24 heavy (non-hydrogen) atoms. The maximum absolute atomic E-state index is 13.8. The molecule has 1 aliphatic heterocycles. The standard InChI is InChI=1S/C16H16FN5O2/c1-23-11-4-2-10(3-5-11)8-18-14-13-15(21-16(17)20-14)22(9-19-13)12-6-7-24-12/h2-5,9,12H,6-8H2,1H3,(H,18,20,21). The monoisotopic (exact) mass is 329 g/mol. The van der Waals surface area contributed by atoms with Crippen LogP contribution in [0.2, 0.25) is 0 Å². The van der Waals surface area contributed by atoms with Gasteiger partial charge in [0.25, 0.3) is 0 Å². The van der Waals surface area contributed by atoms with Crippen LogP contribution < -0.4 is 10.1 Å². The number of anilines is 1. The number of ether oxygens (including phenoxy) is 2. The highest BCUT2D eigenvalue weighted by Crippen LogP contribution is 2.28. The quantitative estimate of drug-likeness (QED) is 0.725. The molecule has 1 atom stereocenters. The summed E-state index contributed by atoms with van der Waals surface area (Å²) in [6, 6.07) is 7.61. The van der Waals surface area contributed by atoms with Crippen molar-refractivity contribution < 1.29 is 13.9 Å². The van der Waals surface area contributed by atoms with Crippen molar-refractivity contribution >= 4 is 17.0 Å². The smallest absolute Gasteiger partial charge is 0.312 e. The van der Waals surface area contributed by atoms with Gasteiger partial charge in [0, 0.05) is 13.0 Å². The second-order valence-electron chi connectivity index (χ2n) is 5.48. The largest absolute Gasteiger partial charge is 0.497 e. The molecule has 1 N–H and O–H groups in total. The van der Waals surface area contributed by atoms with Crippen LogP contribution in [0.15, 0.2) is 30.6 Å². The van der Waals surface area contributed by atoms with E-state index in [1.807, 2.05) is 24.3 Å². The van der Waals surface area contributed by atoms with Gasteiger partial charge >= 0.3 is 6.08 Å². The Morgan fingerprint density at radius 3 is 2.79 bits per heavy atom. The first-order valence-electron chi connectivity index (χ1n) is 7.63. The van der Waals surface area contributed by atoms with E-state index in [2.05, 4.69) is 20.3 Å². The molecule has 0 amide bonds. The normalized spacial score (nSPS) is 16.8. The minimum absolute atomic E-state index is 0.126. The summed E-state index contributed by atoms with van der Waals surface area (Å²) in [6.07, 6.45) is 1.56. The van der Waals surface area contributed by atoms with Crippen LogP contribution in [0.3, 0.4) is 0 Å². The van der Waals surface area contributed by atoms with Crippen LogP contribution in [0.5, 0.6) is 5.75 Å². The number of methoxy groups -OCH3 is 1. The lowest BCUT2D eigenvalue weighted by molar-refractivity contribution is -0.0974. The molecule has 4 rings (SSSR count). The van der Waals surface area contributed by atoms with Crippen molar-refractivity contribution in [2.24, 2.45) is 0 Å². The van der Waals surface area contributed by atoms with Crippen molar-refractivity contribution in [3.05, 3.63) is 42.2 Å². The Labute approximate surface area is 137 Å². The van der Waals surface area contributed by atoms with Crippen LogP contribution in [0.1, 0.15) is 18.2 Å². The zero-order valence-electron chi connectivity index (χ0n) is 13.1. The highest BCUT2D eigenvalue weighted by molar-refractivity contribution is 5.82. The fourth-order valence-corrected chi connectivity index (χ4v) is 2.60. The SMILES string of the molecule is COc1ccc(CNc2nc(F)nc3c2ncn3C2CCO2)cc1. The summed E-state index contributed by atoms with van der Waals surface area (Å²) in [7, 11) is 1.62. The van der Waals surface area contributed by atoms with Crippen molar-refractivity contribution in [2.75, 3.05) is 19.0 Å². The van der Waals surface area contributed by atoms with Crippen molar-refractivity contribution in [3.8, 4) is 5.75 Å². The lowest BCUT2D eigenvalue weighted by Gasteiger charge is -2.27. The third-order valence-corrected chi connectivity index (χ3v) is 4.00. The van der Waals surface area contributed by atoms with Gasteiger partial charge in [0.15, 0.2) is 17.0 Å². The van der Waals surface area contributed by atoms with E-state index in [0.717, 1.165) is 17.7 Å². The Balaban J connectivity index is 1.59. The summed E-state index contributed by atoms with van der Waals surface area (Å²) in [5.41, 5.74) is 1.98. The zero-order chi connectivity index (χ0) is 16.5. The van der Waals surface area contributed by atoms with Crippen LogP contribution in [-0.2, 0) is 11.3 Å². The number of fused-ring (bicyclic) bond motifs is 1. The molecule has 124 valence electrons. The summed E-state index contributed by atoms with van der Waals surface area (Å²) in [5, 5.41) is 3.12. The van der Waals surface area contributed by atoms with Crippen LogP contribution >= 0.6 is 0 Å². The predicted molar refractivity (Wildman–Crippen MR) is 85.2 cm³/mol. The molecular formula is C16H16FN5O2. The molecular weight excluding hydrogens is 313 g/mol. The van der Waals surface area contributed by atoms with E-state index < -0.39 is 6.08 Å². The zero-order valence-corrected chi connectivity index (χ0v) is 13.1. The summed E-state index contributed by atoms with van der Waals surface area (Å²) >= 11 is 0. The van der Waals surface area contributed by atoms with Gasteiger partial charge in [-0.15, -0.1) is 0 Å². The second-order valence-corrected chi connectivity index (χ2v) is 5.48. The van der Waals surface area contributed by atoms with Gasteiger partial charge in [-0.05, 0) is 17.7 Å². The van der Waals surface area contributed by atoms with Crippen LogP contribution in [0.25, 0.3) is 11.2 Å². The summed E-state index contributed by atoms with van der Waals surface area (Å²) in [4.78, 5) is 12.0. The second kappa shape index (κ2) is 6.04. The molecule has 2 aromatic heterocycles. The van der Waals surface area contributed by atoms with E-state index in [-0.39, 0.29) is 6.23 Å². The molecule has 1 saturated heterocycles. The van der Waals surface area contributed by atoms with E-state index in [1.54, 1.807) is 18.0 Å². The Morgan fingerprint density at radius 2 is 2.12 bits per heavy atom. The minimum Gasteiger partial charge on any atom is -0.497 e. The molecule has 1 unspecified atom stereocenters. The van der Waals surface area contributed by atoms with E-state index in [9.17, 15) is 4.39 Å². The van der Waals surface area contributed by atoms with Crippen LogP contribution in [-0.4, -0.2) is 33.2 Å². The van der Waals surface area contributed by atoms with Crippen molar-refractivity contribution in [2.45, 2.75) is 19.2 Å². The number of imidazole rings is 1. The maximum Gasteiger partial charge on any atom is 0.312 e. The molecule has 1 fully saturated rings. The van der Waals surface area contributed by atoms with E-state index >= 15 is 0 Å². The topological polar surface area (TPSA) is 74.1 Å². The number of nitrogens with one attached hydrogen (secondary N) is 1. The number of rotatable bonds is 5. The average Bonchev–Trinajstić information content (AvgIpc) is 2.95. The van der Waals surface area contributed by atoms with Gasteiger partial charge in [-0.1, -0.05) is 12.1 Å². The first kappa shape index (κ1) is 14.8. The van der Waals surface area contributed by atoms with Gasteiger partial charge in [0.2, 0.25) is 0 Å². The third kappa shape index (κ3) is 2.65. The molecule has 0 spiro atoms. The van der Waals surface area contributed by atoms with Gasteiger partial charge in [-0.3, -0.25) is 4.57 Å². The molecule has 7 nitrogen and oxygen atoms in total. The molecule has 0 bridgehead atoms. The van der Waals surface area contributed by atoms with E-state index in [0.29, 0.717) is 30.1 Å². The molecule has 3 aromatic rings. The summed E-state index contributed by atoms with van der Waals surface area (Å²) < 4.78 is 26.1. The van der Waals surface area contributed by atoms with E-state index in [4.69, 9.17) is 9.47 Å². The lowest BCUT2D eigenvalue weighted by atomic mass is 10.2. The molecule has 1 aromatic carbocycles. The number of halogens is 1. The number of aromatic nitrogens is 4. The van der Waals surface area contributed by atoms with Gasteiger partial charge in [0.05, 0.1) is 20.0 Å². The predicted octanol–water partition coefficient (Wildman–Crippen LogP) is 2.51. The summed E-state index contributed by atoms with van der Waals surface area (Å²) in [5.74, 6) is 1.15. The Hall–Kier alpha value is -2.74. The average molecular weight is 329 g/mol. The maximum atomic E-state index is 13.8. The number of nitrogens with zero attached hydrogens (tertiary/aromatic N) is 4. The molecule has 0 saturated carbocycles. The highest BCUT2D eigenvalue weighted by Gasteiger charge is 2.24. The summed E-state index contributed by atoms with van der Waals surface area (Å²) in [6.45, 7) is 1.18. The molecule has 0 radical (unpaired) electrons. The Kier molecular flexibility index (Phi) is 3.73. The van der Waals surface area contributed by atoms with Gasteiger partial charge in [-0.25, -0.2) is 4.98 Å². The number of benzene rings is 1. The number of hydrogen-bond acceptors (Lipinski definition) is 6. The minimum atomic E-state index is -0.791.